The van der Waals surface area contributed by atoms with E-state index in [4.69, 9.17) is 4.74 Å². The van der Waals surface area contributed by atoms with E-state index in [1.165, 1.54) is 10.5 Å². The van der Waals surface area contributed by atoms with Crippen LogP contribution in [-0.4, -0.2) is 47.8 Å². The van der Waals surface area contributed by atoms with Crippen LogP contribution >= 0.6 is 0 Å². The zero-order valence-electron chi connectivity index (χ0n) is 15.8. The summed E-state index contributed by atoms with van der Waals surface area (Å²) in [6, 6.07) is 20.2. The highest BCUT2D eigenvalue weighted by Gasteiger charge is 2.24. The van der Waals surface area contributed by atoms with E-state index in [0.717, 1.165) is 31.9 Å². The van der Waals surface area contributed by atoms with Gasteiger partial charge in [0.15, 0.2) is 5.82 Å². The van der Waals surface area contributed by atoms with Crippen molar-refractivity contribution in [3.63, 3.8) is 0 Å². The van der Waals surface area contributed by atoms with E-state index in [0.29, 0.717) is 23.9 Å². The number of hydrogen-bond acceptors (Lipinski definition) is 6. The fourth-order valence-electron chi connectivity index (χ4n) is 3.41. The van der Waals surface area contributed by atoms with E-state index in [1.54, 1.807) is 0 Å². The van der Waals surface area contributed by atoms with E-state index in [9.17, 15) is 5.26 Å². The molecule has 0 radical (unpaired) electrons. The Bertz CT molecular complexity index is 970. The minimum atomic E-state index is 0.333. The quantitative estimate of drug-likeness (QED) is 0.684. The summed E-state index contributed by atoms with van der Waals surface area (Å²) in [6.07, 6.45) is 0. The molecule has 2 aromatic carbocycles. The lowest BCUT2D eigenvalue weighted by Crippen LogP contribution is -2.47. The fourth-order valence-corrected chi connectivity index (χ4v) is 3.41. The Labute approximate surface area is 164 Å². The number of anilines is 2. The van der Waals surface area contributed by atoms with Gasteiger partial charge in [0, 0.05) is 31.9 Å². The summed E-state index contributed by atoms with van der Waals surface area (Å²) in [6.45, 7) is 5.81. The smallest absolute Gasteiger partial charge is 0.207 e. The van der Waals surface area contributed by atoms with Gasteiger partial charge < -0.3 is 14.5 Å². The van der Waals surface area contributed by atoms with Crippen molar-refractivity contribution in [1.82, 2.24) is 15.0 Å². The normalized spacial score (nSPS) is 14.0. The van der Waals surface area contributed by atoms with E-state index in [1.807, 2.05) is 37.3 Å². The topological polar surface area (TPSA) is 70.2 Å². The Kier molecular flexibility index (Phi) is 5.11. The van der Waals surface area contributed by atoms with Gasteiger partial charge in [-0.1, -0.05) is 30.3 Å². The van der Waals surface area contributed by atoms with Gasteiger partial charge in [0.1, 0.15) is 17.5 Å². The van der Waals surface area contributed by atoms with Crippen LogP contribution in [0.15, 0.2) is 54.6 Å². The third-order valence-electron chi connectivity index (χ3n) is 4.78. The second-order valence-corrected chi connectivity index (χ2v) is 6.48. The van der Waals surface area contributed by atoms with Gasteiger partial charge >= 0.3 is 0 Å². The van der Waals surface area contributed by atoms with Crippen LogP contribution in [0.2, 0.25) is 0 Å². The van der Waals surface area contributed by atoms with Crippen LogP contribution in [-0.2, 0) is 0 Å². The van der Waals surface area contributed by atoms with Gasteiger partial charge in [0.25, 0.3) is 0 Å². The van der Waals surface area contributed by atoms with Crippen molar-refractivity contribution >= 4 is 11.5 Å². The molecule has 4 rings (SSSR count). The Morgan fingerprint density at radius 1 is 0.929 bits per heavy atom. The summed E-state index contributed by atoms with van der Waals surface area (Å²) in [5.41, 5.74) is 2.28. The predicted octanol–water partition coefficient (Wildman–Crippen LogP) is 2.86. The van der Waals surface area contributed by atoms with Crippen LogP contribution in [0.1, 0.15) is 12.6 Å². The van der Waals surface area contributed by atoms with E-state index >= 15 is 0 Å². The van der Waals surface area contributed by atoms with Crippen LogP contribution in [0.4, 0.5) is 11.5 Å². The number of benzene rings is 2. The number of ether oxygens (including phenoxy) is 1. The Morgan fingerprint density at radius 3 is 2.32 bits per heavy atom. The summed E-state index contributed by atoms with van der Waals surface area (Å²) < 4.78 is 5.68. The van der Waals surface area contributed by atoms with Gasteiger partial charge in [0.05, 0.1) is 6.61 Å². The number of nitriles is 1. The predicted molar refractivity (Wildman–Crippen MR) is 108 cm³/mol. The molecule has 3 aromatic rings. The molecule has 7 nitrogen and oxygen atoms in total. The second kappa shape index (κ2) is 8.01. The van der Waals surface area contributed by atoms with E-state index < -0.39 is 0 Å². The molecule has 0 atom stereocenters. The average Bonchev–Trinajstić information content (AvgIpc) is 3.19. The fraction of sp³-hybridized carbons (Fsp3) is 0.286. The first kappa shape index (κ1) is 17.9. The second-order valence-electron chi connectivity index (χ2n) is 6.48. The van der Waals surface area contributed by atoms with Crippen LogP contribution in [0.5, 0.6) is 5.75 Å². The van der Waals surface area contributed by atoms with Crippen molar-refractivity contribution in [3.8, 4) is 17.5 Å². The molecule has 28 heavy (non-hydrogen) atoms. The molecule has 1 aliphatic rings. The largest absolute Gasteiger partial charge is 0.492 e. The maximum Gasteiger partial charge on any atom is 0.207 e. The maximum atomic E-state index is 9.58. The zero-order chi connectivity index (χ0) is 19.3. The van der Waals surface area contributed by atoms with Crippen molar-refractivity contribution in [3.05, 3.63) is 60.3 Å². The van der Waals surface area contributed by atoms with Crippen LogP contribution < -0.4 is 14.5 Å². The first-order valence-corrected chi connectivity index (χ1v) is 9.44. The molecule has 1 aromatic heterocycles. The van der Waals surface area contributed by atoms with Crippen molar-refractivity contribution in [2.45, 2.75) is 6.92 Å². The third kappa shape index (κ3) is 3.49. The summed E-state index contributed by atoms with van der Waals surface area (Å²) in [5, 5.41) is 18.6. The average molecular weight is 374 g/mol. The lowest BCUT2D eigenvalue weighted by Gasteiger charge is -2.36. The molecule has 0 unspecified atom stereocenters. The summed E-state index contributed by atoms with van der Waals surface area (Å²) >= 11 is 0. The van der Waals surface area contributed by atoms with Crippen molar-refractivity contribution in [2.75, 3.05) is 42.6 Å². The van der Waals surface area contributed by atoms with Gasteiger partial charge in [0.2, 0.25) is 5.69 Å². The highest BCUT2D eigenvalue weighted by Crippen LogP contribution is 2.25. The number of nitrogens with zero attached hydrogens (tertiary/aromatic N) is 6. The molecule has 2 heterocycles. The number of rotatable bonds is 5. The lowest BCUT2D eigenvalue weighted by atomic mass is 10.2. The molecule has 0 spiro atoms. The molecule has 1 saturated heterocycles. The maximum absolute atomic E-state index is 9.58. The summed E-state index contributed by atoms with van der Waals surface area (Å²) in [7, 11) is 0. The molecule has 0 bridgehead atoms. The number of hydrogen-bond donors (Lipinski definition) is 0. The first-order chi connectivity index (χ1) is 13.8. The molecule has 0 aliphatic carbocycles. The molecule has 1 fully saturated rings. The van der Waals surface area contributed by atoms with Crippen LogP contribution in [0.25, 0.3) is 5.69 Å². The minimum absolute atomic E-state index is 0.333. The van der Waals surface area contributed by atoms with Crippen LogP contribution in [0, 0.1) is 11.3 Å². The monoisotopic (exact) mass is 374 g/mol. The highest BCUT2D eigenvalue weighted by molar-refractivity contribution is 5.54. The van der Waals surface area contributed by atoms with Crippen LogP contribution in [0.3, 0.4) is 0 Å². The third-order valence-corrected chi connectivity index (χ3v) is 4.78. The molecule has 0 saturated carbocycles. The molecule has 1 aliphatic heterocycles. The Balaban J connectivity index is 1.56. The number of piperazine rings is 1. The van der Waals surface area contributed by atoms with Crippen molar-refractivity contribution < 1.29 is 4.74 Å². The first-order valence-electron chi connectivity index (χ1n) is 9.44. The van der Waals surface area contributed by atoms with Crippen molar-refractivity contribution in [2.24, 2.45) is 0 Å². The molecular weight excluding hydrogens is 352 g/mol. The number of aromatic nitrogens is 3. The van der Waals surface area contributed by atoms with Gasteiger partial charge in [-0.25, -0.2) is 0 Å². The summed E-state index contributed by atoms with van der Waals surface area (Å²) in [4.78, 5) is 5.98. The molecule has 142 valence electrons. The van der Waals surface area contributed by atoms with E-state index in [2.05, 4.69) is 50.3 Å². The Morgan fingerprint density at radius 2 is 1.61 bits per heavy atom. The Hall–Kier alpha value is -3.53. The summed E-state index contributed by atoms with van der Waals surface area (Å²) in [5.74, 6) is 1.33. The lowest BCUT2D eigenvalue weighted by molar-refractivity contribution is 0.337. The highest BCUT2D eigenvalue weighted by atomic mass is 16.5. The molecule has 0 N–H and O–H groups in total. The van der Waals surface area contributed by atoms with Gasteiger partial charge in [-0.3, -0.25) is 0 Å². The van der Waals surface area contributed by atoms with Gasteiger partial charge in [-0.05, 0) is 31.2 Å². The van der Waals surface area contributed by atoms with Gasteiger partial charge in [-0.15, -0.1) is 15.0 Å². The number of para-hydroxylation sites is 3. The standard InChI is InChI=1S/C21H22N6O/c1-2-28-20-11-7-6-10-19(20)27-23-18(16-22)21(24-27)26-14-12-25(13-15-26)17-8-4-3-5-9-17/h3-11H,2,12-15H2,1H3. The van der Waals surface area contributed by atoms with Gasteiger partial charge in [-0.2, -0.15) is 5.26 Å². The minimum Gasteiger partial charge on any atom is -0.492 e. The molecule has 7 heteroatoms. The zero-order valence-corrected chi connectivity index (χ0v) is 15.8. The van der Waals surface area contributed by atoms with Crippen molar-refractivity contribution in [1.29, 1.82) is 5.26 Å². The molecule has 0 amide bonds. The SMILES string of the molecule is CCOc1ccccc1-n1nc(C#N)c(N2CCN(c3ccccc3)CC2)n1. The van der Waals surface area contributed by atoms with E-state index in [-0.39, 0.29) is 0 Å². The molecular formula is C21H22N6O.